The summed E-state index contributed by atoms with van der Waals surface area (Å²) in [6.45, 7) is 3.93. The molecule has 1 fully saturated rings. The second-order valence-corrected chi connectivity index (χ2v) is 6.96. The lowest BCUT2D eigenvalue weighted by Crippen LogP contribution is -2.37. The summed E-state index contributed by atoms with van der Waals surface area (Å²) in [6, 6.07) is 11.6. The number of hydrogen-bond acceptors (Lipinski definition) is 3. The Morgan fingerprint density at radius 2 is 2.04 bits per heavy atom. The van der Waals surface area contributed by atoms with E-state index in [9.17, 15) is 4.79 Å². The van der Waals surface area contributed by atoms with Gasteiger partial charge < -0.3 is 10.2 Å². The Morgan fingerprint density at radius 3 is 2.70 bits per heavy atom. The molecule has 1 aromatic carbocycles. The summed E-state index contributed by atoms with van der Waals surface area (Å²) in [5, 5.41) is 3.23. The van der Waals surface area contributed by atoms with Crippen LogP contribution in [0, 0.1) is 5.92 Å². The zero-order valence-corrected chi connectivity index (χ0v) is 14.7. The van der Waals surface area contributed by atoms with E-state index < -0.39 is 0 Å². The smallest absolute Gasteiger partial charge is 0.255 e. The van der Waals surface area contributed by atoms with Crippen molar-refractivity contribution in [3.05, 3.63) is 52.6 Å². The van der Waals surface area contributed by atoms with Gasteiger partial charge in [-0.1, -0.05) is 28.9 Å². The number of nitrogens with zero attached hydrogens (tertiary/aromatic N) is 2. The number of benzene rings is 1. The number of anilines is 2. The first-order valence-corrected chi connectivity index (χ1v) is 8.69. The third kappa shape index (κ3) is 4.10. The maximum Gasteiger partial charge on any atom is 0.255 e. The molecule has 1 aromatic heterocycles. The summed E-state index contributed by atoms with van der Waals surface area (Å²) in [7, 11) is 0. The van der Waals surface area contributed by atoms with E-state index in [0.717, 1.165) is 41.9 Å². The van der Waals surface area contributed by atoms with Crippen molar-refractivity contribution in [3.63, 3.8) is 0 Å². The minimum atomic E-state index is 0.0819. The monoisotopic (exact) mass is 373 g/mol. The van der Waals surface area contributed by atoms with Crippen molar-refractivity contribution in [2.75, 3.05) is 18.4 Å². The van der Waals surface area contributed by atoms with Gasteiger partial charge in [-0.2, -0.15) is 0 Å². The fraction of sp³-hybridized carbons (Fsp3) is 0.333. The predicted octanol–water partition coefficient (Wildman–Crippen LogP) is 4.46. The zero-order chi connectivity index (χ0) is 16.2. The van der Waals surface area contributed by atoms with Gasteiger partial charge >= 0.3 is 0 Å². The van der Waals surface area contributed by atoms with Gasteiger partial charge in [0.1, 0.15) is 5.82 Å². The lowest BCUT2D eigenvalue weighted by Gasteiger charge is -2.30. The summed E-state index contributed by atoms with van der Waals surface area (Å²) < 4.78 is 1.01. The summed E-state index contributed by atoms with van der Waals surface area (Å²) in [5.74, 6) is 1.53. The lowest BCUT2D eigenvalue weighted by atomic mass is 9.99. The molecule has 120 valence electrons. The van der Waals surface area contributed by atoms with Crippen LogP contribution in [0.1, 0.15) is 30.1 Å². The molecule has 23 heavy (non-hydrogen) atoms. The topological polar surface area (TPSA) is 45.2 Å². The molecule has 2 aromatic rings. The van der Waals surface area contributed by atoms with Crippen LogP contribution in [0.5, 0.6) is 0 Å². The standard InChI is InChI=1S/C18H20BrN3O/c1-13-7-9-22(10-8-13)18(23)14-5-6-17(20-12-14)21-16-4-2-3-15(19)11-16/h2-6,11-13H,7-10H2,1H3,(H,20,21). The molecular weight excluding hydrogens is 354 g/mol. The molecule has 0 aliphatic carbocycles. The minimum absolute atomic E-state index is 0.0819. The highest BCUT2D eigenvalue weighted by atomic mass is 79.9. The van der Waals surface area contributed by atoms with Crippen molar-refractivity contribution in [3.8, 4) is 0 Å². The fourth-order valence-electron chi connectivity index (χ4n) is 2.70. The number of hydrogen-bond donors (Lipinski definition) is 1. The Kier molecular flexibility index (Phi) is 4.96. The van der Waals surface area contributed by atoms with Crippen LogP contribution in [-0.4, -0.2) is 28.9 Å². The van der Waals surface area contributed by atoms with Crippen molar-refractivity contribution < 1.29 is 4.79 Å². The van der Waals surface area contributed by atoms with Crippen molar-refractivity contribution in [2.45, 2.75) is 19.8 Å². The molecule has 1 saturated heterocycles. The van der Waals surface area contributed by atoms with E-state index in [1.807, 2.05) is 41.3 Å². The van der Waals surface area contributed by atoms with E-state index in [2.05, 4.69) is 33.2 Å². The van der Waals surface area contributed by atoms with E-state index in [4.69, 9.17) is 0 Å². The van der Waals surface area contributed by atoms with Gasteiger partial charge in [0.05, 0.1) is 5.56 Å². The third-order valence-corrected chi connectivity index (χ3v) is 4.67. The van der Waals surface area contributed by atoms with E-state index >= 15 is 0 Å². The summed E-state index contributed by atoms with van der Waals surface area (Å²) in [5.41, 5.74) is 1.61. The first-order valence-electron chi connectivity index (χ1n) is 7.90. The van der Waals surface area contributed by atoms with Gasteiger partial charge in [0.25, 0.3) is 5.91 Å². The van der Waals surface area contributed by atoms with E-state index in [1.54, 1.807) is 6.20 Å². The van der Waals surface area contributed by atoms with E-state index in [1.165, 1.54) is 0 Å². The second-order valence-electron chi connectivity index (χ2n) is 6.04. The quantitative estimate of drug-likeness (QED) is 0.863. The number of rotatable bonds is 3. The van der Waals surface area contributed by atoms with Gasteiger partial charge in [0.15, 0.2) is 0 Å². The van der Waals surface area contributed by atoms with Crippen LogP contribution in [0.4, 0.5) is 11.5 Å². The van der Waals surface area contributed by atoms with Crippen molar-refractivity contribution in [1.29, 1.82) is 0 Å². The molecule has 0 unspecified atom stereocenters. The number of aromatic nitrogens is 1. The Labute approximate surface area is 145 Å². The Balaban J connectivity index is 1.66. The molecular formula is C18H20BrN3O. The average Bonchev–Trinajstić information content (AvgIpc) is 2.56. The van der Waals surface area contributed by atoms with Gasteiger partial charge in [-0.25, -0.2) is 4.98 Å². The second kappa shape index (κ2) is 7.13. The van der Waals surface area contributed by atoms with Crippen LogP contribution in [0.3, 0.4) is 0 Å². The first kappa shape index (κ1) is 16.0. The van der Waals surface area contributed by atoms with Crippen molar-refractivity contribution in [2.24, 2.45) is 5.92 Å². The van der Waals surface area contributed by atoms with Crippen LogP contribution < -0.4 is 5.32 Å². The minimum Gasteiger partial charge on any atom is -0.340 e. The van der Waals surface area contributed by atoms with Gasteiger partial charge in [-0.3, -0.25) is 4.79 Å². The largest absolute Gasteiger partial charge is 0.340 e. The van der Waals surface area contributed by atoms with Crippen molar-refractivity contribution in [1.82, 2.24) is 9.88 Å². The highest BCUT2D eigenvalue weighted by Gasteiger charge is 2.21. The molecule has 0 spiro atoms. The maximum atomic E-state index is 12.5. The van der Waals surface area contributed by atoms with Gasteiger partial charge in [0.2, 0.25) is 0 Å². The van der Waals surface area contributed by atoms with E-state index in [0.29, 0.717) is 11.5 Å². The number of nitrogens with one attached hydrogen (secondary N) is 1. The normalized spacial score (nSPS) is 15.5. The number of piperidine rings is 1. The molecule has 1 N–H and O–H groups in total. The van der Waals surface area contributed by atoms with Gasteiger partial charge in [0, 0.05) is 29.4 Å². The van der Waals surface area contributed by atoms with Gasteiger partial charge in [-0.15, -0.1) is 0 Å². The first-order chi connectivity index (χ1) is 11.1. The Hall–Kier alpha value is -1.88. The highest BCUT2D eigenvalue weighted by Crippen LogP contribution is 2.21. The molecule has 1 amide bonds. The average molecular weight is 374 g/mol. The maximum absolute atomic E-state index is 12.5. The Morgan fingerprint density at radius 1 is 1.26 bits per heavy atom. The molecule has 0 radical (unpaired) electrons. The van der Waals surface area contributed by atoms with E-state index in [-0.39, 0.29) is 5.91 Å². The number of halogens is 1. The Bertz CT molecular complexity index is 679. The SMILES string of the molecule is CC1CCN(C(=O)c2ccc(Nc3cccc(Br)c3)nc2)CC1. The lowest BCUT2D eigenvalue weighted by molar-refractivity contribution is 0.0697. The molecule has 0 bridgehead atoms. The summed E-state index contributed by atoms with van der Waals surface area (Å²) >= 11 is 3.44. The number of carbonyl (C=O) groups excluding carboxylic acids is 1. The molecule has 0 saturated carbocycles. The van der Waals surface area contributed by atoms with Crippen LogP contribution in [0.2, 0.25) is 0 Å². The zero-order valence-electron chi connectivity index (χ0n) is 13.1. The molecule has 5 heteroatoms. The number of amides is 1. The van der Waals surface area contributed by atoms with Crippen LogP contribution >= 0.6 is 15.9 Å². The third-order valence-electron chi connectivity index (χ3n) is 4.18. The molecule has 2 heterocycles. The van der Waals surface area contributed by atoms with Crippen LogP contribution in [0.25, 0.3) is 0 Å². The summed E-state index contributed by atoms with van der Waals surface area (Å²) in [6.07, 6.45) is 3.82. The highest BCUT2D eigenvalue weighted by molar-refractivity contribution is 9.10. The fourth-order valence-corrected chi connectivity index (χ4v) is 3.10. The molecule has 3 rings (SSSR count). The van der Waals surface area contributed by atoms with Crippen LogP contribution in [-0.2, 0) is 0 Å². The van der Waals surface area contributed by atoms with Crippen molar-refractivity contribution >= 4 is 33.3 Å². The number of pyridine rings is 1. The number of carbonyl (C=O) groups is 1. The molecule has 1 aliphatic rings. The van der Waals surface area contributed by atoms with Gasteiger partial charge in [-0.05, 0) is 49.1 Å². The number of likely N-dealkylation sites (tertiary alicyclic amines) is 1. The summed E-state index contributed by atoms with van der Waals surface area (Å²) in [4.78, 5) is 18.8. The predicted molar refractivity (Wildman–Crippen MR) is 96.0 cm³/mol. The molecule has 0 atom stereocenters. The molecule has 1 aliphatic heterocycles. The molecule has 4 nitrogen and oxygen atoms in total. The van der Waals surface area contributed by atoms with Crippen LogP contribution in [0.15, 0.2) is 47.1 Å².